The summed E-state index contributed by atoms with van der Waals surface area (Å²) in [5.74, 6) is 0.920. The molecule has 0 aromatic carbocycles. The second-order valence-electron chi connectivity index (χ2n) is 6.85. The quantitative estimate of drug-likeness (QED) is 0.792. The zero-order valence-corrected chi connectivity index (χ0v) is 12.0. The summed E-state index contributed by atoms with van der Waals surface area (Å²) in [5, 5.41) is 3.22. The van der Waals surface area contributed by atoms with Gasteiger partial charge in [-0.15, -0.1) is 0 Å². The van der Waals surface area contributed by atoms with Crippen molar-refractivity contribution >= 4 is 5.91 Å². The largest absolute Gasteiger partial charge is 0.353 e. The Kier molecular flexibility index (Phi) is 5.48. The monoisotopic (exact) mass is 239 g/mol. The molecule has 100 valence electrons. The molecular weight excluding hydrogens is 210 g/mol. The minimum Gasteiger partial charge on any atom is -0.353 e. The van der Waals surface area contributed by atoms with Gasteiger partial charge in [0.2, 0.25) is 5.91 Å². The molecule has 0 aromatic rings. The van der Waals surface area contributed by atoms with Crippen molar-refractivity contribution in [2.75, 3.05) is 0 Å². The summed E-state index contributed by atoms with van der Waals surface area (Å²) in [5.41, 5.74) is 0.346. The Balaban J connectivity index is 2.20. The number of carbonyl (C=O) groups excluding carboxylic acids is 1. The van der Waals surface area contributed by atoms with Crippen molar-refractivity contribution in [1.29, 1.82) is 0 Å². The highest BCUT2D eigenvalue weighted by atomic mass is 16.1. The number of nitrogens with one attached hydrogen (secondary N) is 1. The second-order valence-corrected chi connectivity index (χ2v) is 6.85. The van der Waals surface area contributed by atoms with Crippen molar-refractivity contribution < 1.29 is 4.79 Å². The third-order valence-electron chi connectivity index (χ3n) is 3.79. The van der Waals surface area contributed by atoms with Crippen molar-refractivity contribution in [3.05, 3.63) is 0 Å². The van der Waals surface area contributed by atoms with Gasteiger partial charge in [-0.3, -0.25) is 4.79 Å². The van der Waals surface area contributed by atoms with E-state index in [0.717, 1.165) is 12.8 Å². The number of amides is 1. The van der Waals surface area contributed by atoms with Crippen LogP contribution in [0.5, 0.6) is 0 Å². The van der Waals surface area contributed by atoms with Gasteiger partial charge in [0.1, 0.15) is 0 Å². The summed E-state index contributed by atoms with van der Waals surface area (Å²) in [7, 11) is 0. The Morgan fingerprint density at radius 2 is 1.88 bits per heavy atom. The lowest BCUT2D eigenvalue weighted by Crippen LogP contribution is -2.41. The van der Waals surface area contributed by atoms with E-state index in [1.165, 1.54) is 25.7 Å². The Hall–Kier alpha value is -0.530. The van der Waals surface area contributed by atoms with Gasteiger partial charge < -0.3 is 5.32 Å². The zero-order chi connectivity index (χ0) is 12.9. The number of hydrogen-bond donors (Lipinski definition) is 1. The van der Waals surface area contributed by atoms with Crippen molar-refractivity contribution in [1.82, 2.24) is 5.32 Å². The van der Waals surface area contributed by atoms with Crippen LogP contribution in [0, 0.1) is 11.3 Å². The van der Waals surface area contributed by atoms with E-state index in [-0.39, 0.29) is 5.91 Å². The average molecular weight is 239 g/mol. The van der Waals surface area contributed by atoms with E-state index in [9.17, 15) is 4.79 Å². The van der Waals surface area contributed by atoms with Crippen LogP contribution in [-0.4, -0.2) is 11.9 Å². The van der Waals surface area contributed by atoms with Crippen LogP contribution in [0.25, 0.3) is 0 Å². The van der Waals surface area contributed by atoms with Crippen molar-refractivity contribution in [2.24, 2.45) is 11.3 Å². The molecule has 0 spiro atoms. The number of rotatable bonds is 4. The minimum absolute atomic E-state index is 0.257. The molecule has 0 aliphatic heterocycles. The lowest BCUT2D eigenvalue weighted by Gasteiger charge is -2.29. The van der Waals surface area contributed by atoms with Gasteiger partial charge in [0.05, 0.1) is 0 Å². The molecule has 0 radical (unpaired) electrons. The van der Waals surface area contributed by atoms with E-state index in [4.69, 9.17) is 0 Å². The molecule has 1 aliphatic rings. The molecule has 1 rings (SSSR count). The van der Waals surface area contributed by atoms with Gasteiger partial charge in [0.15, 0.2) is 0 Å². The molecule has 1 aliphatic carbocycles. The Morgan fingerprint density at radius 1 is 1.24 bits per heavy atom. The van der Waals surface area contributed by atoms with Crippen molar-refractivity contribution in [2.45, 2.75) is 78.7 Å². The molecule has 1 N–H and O–H groups in total. The van der Waals surface area contributed by atoms with Gasteiger partial charge in [-0.2, -0.15) is 0 Å². The summed E-state index contributed by atoms with van der Waals surface area (Å²) < 4.78 is 0. The molecule has 0 bridgehead atoms. The van der Waals surface area contributed by atoms with E-state index in [1.54, 1.807) is 0 Å². The molecule has 1 saturated carbocycles. The van der Waals surface area contributed by atoms with Crippen LogP contribution < -0.4 is 5.32 Å². The summed E-state index contributed by atoms with van der Waals surface area (Å²) in [6.45, 7) is 8.95. The molecule has 1 amide bonds. The molecule has 2 nitrogen and oxygen atoms in total. The van der Waals surface area contributed by atoms with Gasteiger partial charge >= 0.3 is 0 Å². The van der Waals surface area contributed by atoms with E-state index >= 15 is 0 Å². The topological polar surface area (TPSA) is 29.1 Å². The highest BCUT2D eigenvalue weighted by Crippen LogP contribution is 2.24. The predicted octanol–water partition coefficient (Wildman–Crippen LogP) is 3.90. The first-order valence-electron chi connectivity index (χ1n) is 7.18. The molecule has 2 heteroatoms. The smallest absolute Gasteiger partial charge is 0.220 e. The standard InChI is InChI=1S/C15H29NO/c1-12-8-5-6-9-13(12)16-14(17)10-7-11-15(2,3)4/h12-13H,5-11H2,1-4H3,(H,16,17)/t12-,13+/m0/s1. The normalized spacial score (nSPS) is 25.6. The third-order valence-corrected chi connectivity index (χ3v) is 3.79. The van der Waals surface area contributed by atoms with Crippen LogP contribution in [0.4, 0.5) is 0 Å². The highest BCUT2D eigenvalue weighted by molar-refractivity contribution is 5.76. The summed E-state index contributed by atoms with van der Waals surface area (Å²) >= 11 is 0. The Labute approximate surface area is 107 Å². The van der Waals surface area contributed by atoms with Gasteiger partial charge in [-0.05, 0) is 37.0 Å². The molecule has 0 saturated heterocycles. The van der Waals surface area contributed by atoms with E-state index in [0.29, 0.717) is 23.8 Å². The lowest BCUT2D eigenvalue weighted by atomic mass is 9.85. The van der Waals surface area contributed by atoms with Crippen LogP contribution in [-0.2, 0) is 4.79 Å². The Morgan fingerprint density at radius 3 is 2.47 bits per heavy atom. The number of carbonyl (C=O) groups is 1. The van der Waals surface area contributed by atoms with Crippen LogP contribution in [0.1, 0.15) is 72.6 Å². The van der Waals surface area contributed by atoms with Gasteiger partial charge in [0.25, 0.3) is 0 Å². The van der Waals surface area contributed by atoms with Gasteiger partial charge in [-0.1, -0.05) is 40.5 Å². The first-order valence-corrected chi connectivity index (χ1v) is 7.18. The zero-order valence-electron chi connectivity index (χ0n) is 12.0. The summed E-state index contributed by atoms with van der Waals surface area (Å²) in [6.07, 6.45) is 7.88. The van der Waals surface area contributed by atoms with E-state index in [2.05, 4.69) is 33.0 Å². The van der Waals surface area contributed by atoms with Crippen LogP contribution in [0.3, 0.4) is 0 Å². The maximum Gasteiger partial charge on any atom is 0.220 e. The van der Waals surface area contributed by atoms with Crippen LogP contribution in [0.15, 0.2) is 0 Å². The maximum atomic E-state index is 11.8. The Bertz CT molecular complexity index is 242. The van der Waals surface area contributed by atoms with Crippen molar-refractivity contribution in [3.63, 3.8) is 0 Å². The highest BCUT2D eigenvalue weighted by Gasteiger charge is 2.22. The summed E-state index contributed by atoms with van der Waals surface area (Å²) in [4.78, 5) is 11.8. The van der Waals surface area contributed by atoms with Crippen LogP contribution in [0.2, 0.25) is 0 Å². The SMILES string of the molecule is C[C@H]1CCCC[C@H]1NC(=O)CCCC(C)(C)C. The minimum atomic E-state index is 0.257. The maximum absolute atomic E-state index is 11.8. The molecule has 1 fully saturated rings. The first kappa shape index (κ1) is 14.5. The summed E-state index contributed by atoms with van der Waals surface area (Å²) in [6, 6.07) is 0.436. The molecule has 0 aromatic heterocycles. The fourth-order valence-corrected chi connectivity index (χ4v) is 2.59. The molecular formula is C15H29NO. The first-order chi connectivity index (χ1) is 7.88. The number of hydrogen-bond acceptors (Lipinski definition) is 1. The van der Waals surface area contributed by atoms with E-state index < -0.39 is 0 Å². The van der Waals surface area contributed by atoms with Gasteiger partial charge in [-0.25, -0.2) is 0 Å². The molecule has 0 unspecified atom stereocenters. The second kappa shape index (κ2) is 6.42. The fraction of sp³-hybridized carbons (Fsp3) is 0.933. The molecule has 2 atom stereocenters. The van der Waals surface area contributed by atoms with Gasteiger partial charge in [0, 0.05) is 12.5 Å². The fourth-order valence-electron chi connectivity index (χ4n) is 2.59. The lowest BCUT2D eigenvalue weighted by molar-refractivity contribution is -0.122. The molecule has 17 heavy (non-hydrogen) atoms. The van der Waals surface area contributed by atoms with Crippen molar-refractivity contribution in [3.8, 4) is 0 Å². The van der Waals surface area contributed by atoms with E-state index in [1.807, 2.05) is 0 Å². The third kappa shape index (κ3) is 6.09. The predicted molar refractivity (Wildman–Crippen MR) is 72.9 cm³/mol. The average Bonchev–Trinajstić information content (AvgIpc) is 2.19. The van der Waals surface area contributed by atoms with Crippen LogP contribution >= 0.6 is 0 Å². The molecule has 0 heterocycles.